The summed E-state index contributed by atoms with van der Waals surface area (Å²) in [6.45, 7) is 23.3. The second kappa shape index (κ2) is 30.9. The average Bonchev–Trinajstić information content (AvgIpc) is 3.00. The van der Waals surface area contributed by atoms with Gasteiger partial charge in [0.2, 0.25) is 0 Å². The van der Waals surface area contributed by atoms with Gasteiger partial charge in [0.1, 0.15) is 26.4 Å². The predicted octanol–water partition coefficient (Wildman–Crippen LogP) is 3.30. The smallest absolute Gasteiger partial charge is 0.407 e. The minimum absolute atomic E-state index is 0.0469. The molecular weight excluding hydrogens is 592 g/mol. The molecule has 0 aromatic rings. The molecule has 0 bridgehead atoms. The lowest BCUT2D eigenvalue weighted by Crippen LogP contribution is -2.37. The molecule has 0 heterocycles. The fourth-order valence-electron chi connectivity index (χ4n) is 2.07. The molecule has 0 aliphatic carbocycles. The summed E-state index contributed by atoms with van der Waals surface area (Å²) in [6, 6.07) is -0.247. The maximum absolute atomic E-state index is 11.0. The largest absolute Gasteiger partial charge is 0.460 e. The van der Waals surface area contributed by atoms with Crippen LogP contribution in [0.5, 0.6) is 0 Å². The third-order valence-electron chi connectivity index (χ3n) is 4.31. The van der Waals surface area contributed by atoms with Crippen LogP contribution in [0.15, 0.2) is 36.5 Å². The zero-order chi connectivity index (χ0) is 35.0. The molecule has 0 aliphatic rings. The third-order valence-corrected chi connectivity index (χ3v) is 4.31. The molecule has 0 saturated carbocycles. The van der Waals surface area contributed by atoms with Crippen molar-refractivity contribution >= 4 is 36.1 Å². The summed E-state index contributed by atoms with van der Waals surface area (Å²) in [5.74, 6) is -1.38. The van der Waals surface area contributed by atoms with Crippen molar-refractivity contribution in [2.45, 2.75) is 60.8 Å². The number of hydrogen-bond acceptors (Lipinski definition) is 11. The van der Waals surface area contributed by atoms with Crippen molar-refractivity contribution in [2.75, 3.05) is 59.2 Å². The van der Waals surface area contributed by atoms with Gasteiger partial charge in [0.05, 0.1) is 19.7 Å². The Balaban J connectivity index is -0.000000588. The second-order valence-electron chi connectivity index (χ2n) is 9.06. The highest BCUT2D eigenvalue weighted by atomic mass is 16.6. The molecule has 0 radical (unpaired) electrons. The number of alkyl carbamates (subject to hydrolysis) is 2. The zero-order valence-corrected chi connectivity index (χ0v) is 27.6. The van der Waals surface area contributed by atoms with Crippen LogP contribution in [0.4, 0.5) is 14.4 Å². The number of carbonyl (C=O) groups excluding carboxylic acids is 6. The minimum Gasteiger partial charge on any atom is -0.460 e. The van der Waals surface area contributed by atoms with Crippen LogP contribution < -0.4 is 21.3 Å². The molecule has 45 heavy (non-hydrogen) atoms. The summed E-state index contributed by atoms with van der Waals surface area (Å²) in [7, 11) is 0. The van der Waals surface area contributed by atoms with Crippen molar-refractivity contribution in [2.24, 2.45) is 0 Å². The lowest BCUT2D eigenvalue weighted by Gasteiger charge is -2.07. The van der Waals surface area contributed by atoms with E-state index >= 15 is 0 Å². The van der Waals surface area contributed by atoms with Crippen LogP contribution >= 0.6 is 0 Å². The molecule has 258 valence electrons. The van der Waals surface area contributed by atoms with Gasteiger partial charge in [0, 0.05) is 29.8 Å². The Morgan fingerprint density at radius 3 is 1.20 bits per heavy atom. The molecule has 0 atom stereocenters. The van der Waals surface area contributed by atoms with Gasteiger partial charge in [-0.15, -0.1) is 0 Å². The van der Waals surface area contributed by atoms with Crippen LogP contribution in [-0.2, 0) is 38.1 Å². The van der Waals surface area contributed by atoms with Gasteiger partial charge in [0.25, 0.3) is 0 Å². The maximum Gasteiger partial charge on any atom is 0.407 e. The molecule has 15 nitrogen and oxygen atoms in total. The van der Waals surface area contributed by atoms with Gasteiger partial charge in [-0.2, -0.15) is 0 Å². The van der Waals surface area contributed by atoms with E-state index in [1.54, 1.807) is 20.8 Å². The van der Waals surface area contributed by atoms with E-state index in [0.29, 0.717) is 43.0 Å². The molecule has 0 unspecified atom stereocenters. The van der Waals surface area contributed by atoms with Crippen molar-refractivity contribution in [3.05, 3.63) is 36.5 Å². The Labute approximate surface area is 266 Å². The van der Waals surface area contributed by atoms with Gasteiger partial charge in [-0.1, -0.05) is 40.5 Å². The van der Waals surface area contributed by atoms with E-state index in [2.05, 4.69) is 41.0 Å². The fraction of sp³-hybridized carbons (Fsp3) is 0.600. The first-order chi connectivity index (χ1) is 21.2. The molecule has 0 aliphatic heterocycles. The number of ether oxygens (including phenoxy) is 5. The number of hydrogen-bond donors (Lipinski definition) is 4. The molecule has 0 spiro atoms. The highest BCUT2D eigenvalue weighted by Crippen LogP contribution is 1.93. The quantitative estimate of drug-likeness (QED) is 0.0739. The van der Waals surface area contributed by atoms with Crippen molar-refractivity contribution in [1.82, 2.24) is 21.3 Å². The number of urea groups is 1. The summed E-state index contributed by atoms with van der Waals surface area (Å²) in [5.41, 5.74) is 1.01. The Kier molecular flexibility index (Phi) is 30.8. The molecule has 0 rings (SSSR count). The van der Waals surface area contributed by atoms with E-state index in [-0.39, 0.29) is 39.0 Å². The number of carbonyl (C=O) groups is 6. The summed E-state index contributed by atoms with van der Waals surface area (Å²) >= 11 is 0. The lowest BCUT2D eigenvalue weighted by molar-refractivity contribution is -0.140. The topological polar surface area (TPSA) is 197 Å². The Bertz CT molecular complexity index is 833. The monoisotopic (exact) mass is 644 g/mol. The first kappa shape index (κ1) is 44.9. The first-order valence-electron chi connectivity index (χ1n) is 14.5. The number of rotatable bonds is 18. The van der Waals surface area contributed by atoms with Crippen molar-refractivity contribution in [3.8, 4) is 0 Å². The van der Waals surface area contributed by atoms with Crippen LogP contribution in [0.1, 0.15) is 60.8 Å². The fourth-order valence-corrected chi connectivity index (χ4v) is 2.07. The van der Waals surface area contributed by atoms with Gasteiger partial charge >= 0.3 is 36.1 Å². The highest BCUT2D eigenvalue weighted by molar-refractivity contribution is 5.87. The molecule has 0 saturated heterocycles. The normalized spacial score (nSPS) is 9.20. The predicted molar refractivity (Wildman–Crippen MR) is 168 cm³/mol. The van der Waals surface area contributed by atoms with E-state index in [1.807, 2.05) is 20.8 Å². The molecule has 0 aromatic carbocycles. The summed E-state index contributed by atoms with van der Waals surface area (Å²) in [4.78, 5) is 65.5. The lowest BCUT2D eigenvalue weighted by atomic mass is 10.4. The molecule has 15 heteroatoms. The van der Waals surface area contributed by atoms with E-state index in [1.165, 1.54) is 0 Å². The number of amides is 4. The van der Waals surface area contributed by atoms with Crippen LogP contribution in [0.2, 0.25) is 0 Å². The van der Waals surface area contributed by atoms with Gasteiger partial charge < -0.3 is 45.0 Å². The Morgan fingerprint density at radius 2 is 0.778 bits per heavy atom. The summed E-state index contributed by atoms with van der Waals surface area (Å²) < 4.78 is 23.7. The first-order valence-corrected chi connectivity index (χ1v) is 14.5. The molecule has 4 N–H and O–H groups in total. The average molecular weight is 645 g/mol. The van der Waals surface area contributed by atoms with E-state index in [0.717, 1.165) is 19.3 Å². The zero-order valence-electron chi connectivity index (χ0n) is 27.6. The van der Waals surface area contributed by atoms with E-state index in [4.69, 9.17) is 23.7 Å². The van der Waals surface area contributed by atoms with Crippen molar-refractivity contribution in [1.29, 1.82) is 0 Å². The van der Waals surface area contributed by atoms with Crippen LogP contribution in [0.25, 0.3) is 0 Å². The molecule has 4 amide bonds. The van der Waals surface area contributed by atoms with Gasteiger partial charge in [-0.3, -0.25) is 0 Å². The van der Waals surface area contributed by atoms with Gasteiger partial charge in [-0.25, -0.2) is 28.8 Å². The number of esters is 3. The Hall–Kier alpha value is -4.56. The minimum atomic E-state index is -0.497. The standard InChI is InChI=1S/C10H18N2O3.2C10H17NO4/c1-4-5-11-10(14)12-6-7-15-9(13)8(2)3;1-4-6-15-10(13)11-5-7-14-9(12)8(2)3;1-4-5-11-10(13)15-7-6-14-9(12)8(2)3/h2,4-7H2,1,3H3,(H2,11,12,14);2*2,4-7H2,1,3H3,(H,11,13). The third kappa shape index (κ3) is 33.8. The highest BCUT2D eigenvalue weighted by Gasteiger charge is 2.06. The Morgan fingerprint density at radius 1 is 0.444 bits per heavy atom. The molecule has 0 fully saturated rings. The van der Waals surface area contributed by atoms with Crippen LogP contribution in [-0.4, -0.2) is 95.3 Å². The summed E-state index contributed by atoms with van der Waals surface area (Å²) in [5, 5.41) is 10.2. The SMILES string of the molecule is C=C(C)C(=O)OCCNC(=O)NCCC.C=C(C)C(=O)OCCNC(=O)OCCC.C=C(C)C(=O)OCCOC(=O)NCCC. The van der Waals surface area contributed by atoms with E-state index in [9.17, 15) is 28.8 Å². The van der Waals surface area contributed by atoms with Crippen LogP contribution in [0, 0.1) is 0 Å². The summed E-state index contributed by atoms with van der Waals surface area (Å²) in [6.07, 6.45) is 1.52. The van der Waals surface area contributed by atoms with Crippen molar-refractivity contribution < 1.29 is 52.5 Å². The molecule has 0 aromatic heterocycles. The van der Waals surface area contributed by atoms with Crippen LogP contribution in [0.3, 0.4) is 0 Å². The second-order valence-corrected chi connectivity index (χ2v) is 9.06. The van der Waals surface area contributed by atoms with Gasteiger partial charge in [0.15, 0.2) is 0 Å². The molecular formula is C30H52N4O11. The van der Waals surface area contributed by atoms with Gasteiger partial charge in [-0.05, 0) is 40.0 Å². The van der Waals surface area contributed by atoms with E-state index < -0.39 is 30.1 Å². The number of nitrogens with one attached hydrogen (secondary N) is 4. The maximum atomic E-state index is 11.0. The van der Waals surface area contributed by atoms with Crippen molar-refractivity contribution in [3.63, 3.8) is 0 Å².